The van der Waals surface area contributed by atoms with E-state index in [2.05, 4.69) is 15.4 Å². The third kappa shape index (κ3) is 4.78. The van der Waals surface area contributed by atoms with Crippen molar-refractivity contribution in [1.29, 1.82) is 0 Å². The van der Waals surface area contributed by atoms with Gasteiger partial charge in [-0.15, -0.1) is 13.2 Å². The average molecular weight is 407 g/mol. The summed E-state index contributed by atoms with van der Waals surface area (Å²) in [6.07, 6.45) is -1.98. The normalized spacial score (nSPS) is 12.6. The molecule has 0 saturated heterocycles. The minimum atomic E-state index is -4.54. The van der Waals surface area contributed by atoms with Crippen LogP contribution < -0.4 is 5.32 Å². The number of carbonyl (C=O) groups excluding carboxylic acids is 1. The molecule has 0 aliphatic carbocycles. The molecule has 0 aliphatic rings. The number of carbonyl (C=O) groups is 1. The fourth-order valence-electron chi connectivity index (χ4n) is 3.16. The molecule has 1 amide bonds. The van der Waals surface area contributed by atoms with Gasteiger partial charge >= 0.3 is 6.30 Å². The van der Waals surface area contributed by atoms with E-state index in [1.54, 1.807) is 0 Å². The minimum absolute atomic E-state index is 0.00425. The number of alkyl halides is 3. The van der Waals surface area contributed by atoms with Crippen LogP contribution in [0.3, 0.4) is 0 Å². The molecule has 156 valence electrons. The summed E-state index contributed by atoms with van der Waals surface area (Å²) in [5.74, 6) is 0.386. The summed E-state index contributed by atoms with van der Waals surface area (Å²) in [7, 11) is 0. The predicted molar refractivity (Wildman–Crippen MR) is 105 cm³/mol. The van der Waals surface area contributed by atoms with Gasteiger partial charge in [0.2, 0.25) is 5.91 Å². The van der Waals surface area contributed by atoms with Crippen LogP contribution >= 0.6 is 0 Å². The van der Waals surface area contributed by atoms with Gasteiger partial charge in [-0.1, -0.05) is 20.8 Å². The molecule has 0 fully saturated rings. The van der Waals surface area contributed by atoms with E-state index in [1.165, 1.54) is 6.20 Å². The van der Waals surface area contributed by atoms with Crippen molar-refractivity contribution in [3.63, 3.8) is 0 Å². The highest BCUT2D eigenvalue weighted by molar-refractivity contribution is 5.92. The lowest BCUT2D eigenvalue weighted by Gasteiger charge is -2.17. The summed E-state index contributed by atoms with van der Waals surface area (Å²) < 4.78 is 40.2. The lowest BCUT2D eigenvalue weighted by atomic mass is 9.92. The number of nitrogens with zero attached hydrogens (tertiary/aromatic N) is 4. The van der Waals surface area contributed by atoms with E-state index in [1.807, 2.05) is 51.3 Å². The predicted octanol–water partition coefficient (Wildman–Crippen LogP) is 4.75. The second-order valence-electron chi connectivity index (χ2n) is 8.48. The Labute approximate surface area is 166 Å². The summed E-state index contributed by atoms with van der Waals surface area (Å²) in [5, 5.41) is 6.25. The molecule has 0 aliphatic heterocycles. The van der Waals surface area contributed by atoms with Crippen LogP contribution in [-0.4, -0.2) is 25.2 Å². The number of fused-ring (bicyclic) bond motifs is 1. The SMILES string of the molecule is Cc1cc2c(cc(C)n2Cc2cnn(C(F)(F)F)c2)nc1NC(=O)CC(C)(C)C. The van der Waals surface area contributed by atoms with Gasteiger partial charge in [0.15, 0.2) is 0 Å². The Morgan fingerprint density at radius 1 is 1.17 bits per heavy atom. The number of hydrogen-bond donors (Lipinski definition) is 1. The van der Waals surface area contributed by atoms with Crippen molar-refractivity contribution < 1.29 is 18.0 Å². The van der Waals surface area contributed by atoms with Crippen molar-refractivity contribution in [2.45, 2.75) is 53.9 Å². The first-order chi connectivity index (χ1) is 13.3. The van der Waals surface area contributed by atoms with E-state index >= 15 is 0 Å². The lowest BCUT2D eigenvalue weighted by Crippen LogP contribution is -2.20. The molecule has 29 heavy (non-hydrogen) atoms. The highest BCUT2D eigenvalue weighted by Crippen LogP contribution is 2.26. The van der Waals surface area contributed by atoms with Gasteiger partial charge in [0.25, 0.3) is 0 Å². The maximum atomic E-state index is 12.8. The van der Waals surface area contributed by atoms with Crippen LogP contribution in [0.25, 0.3) is 11.0 Å². The van der Waals surface area contributed by atoms with E-state index in [0.29, 0.717) is 23.3 Å². The molecule has 3 heterocycles. The Bertz CT molecular complexity index is 1060. The third-order valence-corrected chi connectivity index (χ3v) is 4.47. The molecule has 0 bridgehead atoms. The zero-order valence-corrected chi connectivity index (χ0v) is 17.1. The molecule has 1 N–H and O–H groups in total. The van der Waals surface area contributed by atoms with Crippen LogP contribution in [0.1, 0.15) is 44.0 Å². The maximum absolute atomic E-state index is 12.8. The van der Waals surface area contributed by atoms with Crippen LogP contribution in [0.2, 0.25) is 0 Å². The van der Waals surface area contributed by atoms with E-state index in [-0.39, 0.29) is 22.5 Å². The van der Waals surface area contributed by atoms with Gasteiger partial charge in [0.05, 0.1) is 23.8 Å². The monoisotopic (exact) mass is 407 g/mol. The van der Waals surface area contributed by atoms with Crippen LogP contribution in [0.5, 0.6) is 0 Å². The Kier molecular flexibility index (Phi) is 5.19. The van der Waals surface area contributed by atoms with Gasteiger partial charge in [0, 0.05) is 23.9 Å². The molecule has 9 heteroatoms. The van der Waals surface area contributed by atoms with Crippen molar-refractivity contribution in [1.82, 2.24) is 19.3 Å². The second kappa shape index (κ2) is 7.20. The molecule has 3 rings (SSSR count). The van der Waals surface area contributed by atoms with Gasteiger partial charge in [-0.3, -0.25) is 4.79 Å². The van der Waals surface area contributed by atoms with Crippen molar-refractivity contribution >= 4 is 22.8 Å². The number of aromatic nitrogens is 4. The number of nitrogens with one attached hydrogen (secondary N) is 1. The van der Waals surface area contributed by atoms with Crippen LogP contribution in [-0.2, 0) is 17.6 Å². The smallest absolute Gasteiger partial charge is 0.339 e. The number of amides is 1. The second-order valence-corrected chi connectivity index (χ2v) is 8.48. The minimum Gasteiger partial charge on any atom is -0.339 e. The molecule has 6 nitrogen and oxygen atoms in total. The summed E-state index contributed by atoms with van der Waals surface area (Å²) in [6.45, 7) is 9.90. The number of pyridine rings is 1. The molecular formula is C20H24F3N5O. The van der Waals surface area contributed by atoms with Crippen LogP contribution in [0.4, 0.5) is 19.0 Å². The van der Waals surface area contributed by atoms with E-state index in [4.69, 9.17) is 0 Å². The van der Waals surface area contributed by atoms with Gasteiger partial charge in [-0.2, -0.15) is 9.78 Å². The first kappa shape index (κ1) is 20.9. The number of hydrogen-bond acceptors (Lipinski definition) is 3. The largest absolute Gasteiger partial charge is 0.504 e. The molecule has 3 aromatic heterocycles. The van der Waals surface area contributed by atoms with Gasteiger partial charge in [-0.05, 0) is 37.0 Å². The molecule has 0 radical (unpaired) electrons. The lowest BCUT2D eigenvalue weighted by molar-refractivity contribution is -0.212. The quantitative estimate of drug-likeness (QED) is 0.679. The molecule has 0 aromatic carbocycles. The maximum Gasteiger partial charge on any atom is 0.504 e. The third-order valence-electron chi connectivity index (χ3n) is 4.47. The zero-order chi connectivity index (χ0) is 21.6. The molecule has 0 saturated carbocycles. The van der Waals surface area contributed by atoms with Crippen molar-refractivity contribution in [2.75, 3.05) is 5.32 Å². The molecule has 0 unspecified atom stereocenters. The number of halogens is 3. The van der Waals surface area contributed by atoms with Crippen molar-refractivity contribution in [3.8, 4) is 0 Å². The highest BCUT2D eigenvalue weighted by atomic mass is 19.4. The Morgan fingerprint density at radius 3 is 2.45 bits per heavy atom. The van der Waals surface area contributed by atoms with Gasteiger partial charge in [-0.25, -0.2) is 4.98 Å². The van der Waals surface area contributed by atoms with Gasteiger partial charge in [0.1, 0.15) is 5.82 Å². The summed E-state index contributed by atoms with van der Waals surface area (Å²) in [4.78, 5) is 16.8. The van der Waals surface area contributed by atoms with Crippen molar-refractivity contribution in [2.24, 2.45) is 5.41 Å². The molecular weight excluding hydrogens is 383 g/mol. The standard InChI is InChI=1S/C20H24F3N5O/c1-12-6-16-15(25-18(12)26-17(29)8-19(3,4)5)7-13(2)27(16)10-14-9-24-28(11-14)20(21,22)23/h6-7,9,11H,8,10H2,1-5H3,(H,25,26,29). The first-order valence-corrected chi connectivity index (χ1v) is 9.21. The molecule has 3 aromatic rings. The zero-order valence-electron chi connectivity index (χ0n) is 17.1. The van der Waals surface area contributed by atoms with E-state index in [9.17, 15) is 18.0 Å². The highest BCUT2D eigenvalue weighted by Gasteiger charge is 2.31. The van der Waals surface area contributed by atoms with Crippen LogP contribution in [0.15, 0.2) is 24.5 Å². The Morgan fingerprint density at radius 2 is 1.86 bits per heavy atom. The number of rotatable bonds is 4. The number of anilines is 1. The average Bonchev–Trinajstić information content (AvgIpc) is 3.12. The molecule has 0 atom stereocenters. The van der Waals surface area contributed by atoms with E-state index in [0.717, 1.165) is 23.0 Å². The molecule has 0 spiro atoms. The summed E-state index contributed by atoms with van der Waals surface area (Å²) >= 11 is 0. The van der Waals surface area contributed by atoms with Crippen LogP contribution in [0, 0.1) is 19.3 Å². The summed E-state index contributed by atoms with van der Waals surface area (Å²) in [6, 6.07) is 3.73. The Balaban J connectivity index is 1.89. The number of aryl methyl sites for hydroxylation is 2. The van der Waals surface area contributed by atoms with Gasteiger partial charge < -0.3 is 9.88 Å². The van der Waals surface area contributed by atoms with Crippen molar-refractivity contribution in [3.05, 3.63) is 41.3 Å². The van der Waals surface area contributed by atoms with E-state index < -0.39 is 6.30 Å². The Hall–Kier alpha value is -2.84. The summed E-state index contributed by atoms with van der Waals surface area (Å²) in [5.41, 5.74) is 3.39. The fourth-order valence-corrected chi connectivity index (χ4v) is 3.16. The topological polar surface area (TPSA) is 64.7 Å². The fraction of sp³-hybridized carbons (Fsp3) is 0.450. The first-order valence-electron chi connectivity index (χ1n) is 9.21.